The molecule has 1 unspecified atom stereocenters. The van der Waals surface area contributed by atoms with Gasteiger partial charge in [-0.25, -0.2) is 0 Å². The monoisotopic (exact) mass is 345 g/mol. The highest BCUT2D eigenvalue weighted by Crippen LogP contribution is 2.24. The number of carbonyl (C=O) groups excluding carboxylic acids is 2. The summed E-state index contributed by atoms with van der Waals surface area (Å²) in [6, 6.07) is 4.86. The topological polar surface area (TPSA) is 73.9 Å². The Bertz CT molecular complexity index is 492. The van der Waals surface area contributed by atoms with E-state index in [9.17, 15) is 9.59 Å². The minimum atomic E-state index is -0.597. The molecule has 0 spiro atoms. The normalized spacial score (nSPS) is 11.4. The molecule has 0 aliphatic heterocycles. The number of ether oxygens (including phenoxy) is 3. The maximum absolute atomic E-state index is 12.0. The molecule has 1 aromatic rings. The Kier molecular flexibility index (Phi) is 6.30. The van der Waals surface area contributed by atoms with Crippen LogP contribution in [0.3, 0.4) is 0 Å². The molecule has 0 aromatic heterocycles. The van der Waals surface area contributed by atoms with Crippen LogP contribution in [0.5, 0.6) is 11.5 Å². The van der Waals surface area contributed by atoms with Crippen molar-refractivity contribution < 1.29 is 23.8 Å². The van der Waals surface area contributed by atoms with Crippen LogP contribution in [0.2, 0.25) is 0 Å². The van der Waals surface area contributed by atoms with Gasteiger partial charge in [0.05, 0.1) is 26.9 Å². The molecule has 0 radical (unpaired) electrons. The third-order valence-electron chi connectivity index (χ3n) is 2.55. The summed E-state index contributed by atoms with van der Waals surface area (Å²) in [5.41, 5.74) is 0.359. The van der Waals surface area contributed by atoms with E-state index in [0.717, 1.165) is 0 Å². The van der Waals surface area contributed by atoms with Gasteiger partial charge in [-0.2, -0.15) is 0 Å². The lowest BCUT2D eigenvalue weighted by atomic mass is 10.1. The van der Waals surface area contributed by atoms with Gasteiger partial charge in [0, 0.05) is 12.6 Å². The number of esters is 1. The molecule has 7 heteroatoms. The van der Waals surface area contributed by atoms with Gasteiger partial charge in [0.15, 0.2) is 0 Å². The molecule has 0 fully saturated rings. The van der Waals surface area contributed by atoms with Gasteiger partial charge in [-0.3, -0.25) is 9.59 Å². The first kappa shape index (κ1) is 16.3. The van der Waals surface area contributed by atoms with Crippen LogP contribution in [0.4, 0.5) is 0 Å². The minimum absolute atomic E-state index is 0.112. The maximum atomic E-state index is 12.0. The van der Waals surface area contributed by atoms with E-state index < -0.39 is 10.8 Å². The van der Waals surface area contributed by atoms with Crippen molar-refractivity contribution in [1.29, 1.82) is 0 Å². The van der Waals surface area contributed by atoms with Crippen molar-refractivity contribution in [3.63, 3.8) is 0 Å². The SMILES string of the molecule is COC(=O)C(Br)CNC(=O)c1ccc(OC)cc1OC. The molecular weight excluding hydrogens is 330 g/mol. The zero-order chi connectivity index (χ0) is 15.1. The molecule has 1 atom stereocenters. The Balaban J connectivity index is 2.75. The number of benzene rings is 1. The van der Waals surface area contributed by atoms with Gasteiger partial charge in [0.25, 0.3) is 5.91 Å². The lowest BCUT2D eigenvalue weighted by Gasteiger charge is -2.12. The van der Waals surface area contributed by atoms with Gasteiger partial charge in [0.1, 0.15) is 16.3 Å². The second kappa shape index (κ2) is 7.74. The van der Waals surface area contributed by atoms with E-state index in [1.807, 2.05) is 0 Å². The average Bonchev–Trinajstić information content (AvgIpc) is 2.50. The molecule has 20 heavy (non-hydrogen) atoms. The number of methoxy groups -OCH3 is 3. The zero-order valence-corrected chi connectivity index (χ0v) is 13.0. The quantitative estimate of drug-likeness (QED) is 0.622. The smallest absolute Gasteiger partial charge is 0.321 e. The minimum Gasteiger partial charge on any atom is -0.497 e. The van der Waals surface area contributed by atoms with Crippen molar-refractivity contribution in [2.24, 2.45) is 0 Å². The Hall–Kier alpha value is -1.76. The number of halogens is 1. The van der Waals surface area contributed by atoms with E-state index in [2.05, 4.69) is 26.0 Å². The fraction of sp³-hybridized carbons (Fsp3) is 0.385. The van der Waals surface area contributed by atoms with Crippen LogP contribution in [0.1, 0.15) is 10.4 Å². The third-order valence-corrected chi connectivity index (χ3v) is 3.25. The second-order valence-corrected chi connectivity index (χ2v) is 4.87. The van der Waals surface area contributed by atoms with E-state index in [-0.39, 0.29) is 12.5 Å². The highest BCUT2D eigenvalue weighted by molar-refractivity contribution is 9.10. The highest BCUT2D eigenvalue weighted by Gasteiger charge is 2.18. The van der Waals surface area contributed by atoms with Crippen LogP contribution < -0.4 is 14.8 Å². The molecule has 1 amide bonds. The molecule has 6 nitrogen and oxygen atoms in total. The number of nitrogens with one attached hydrogen (secondary N) is 1. The summed E-state index contributed by atoms with van der Waals surface area (Å²) in [7, 11) is 4.28. The predicted octanol–water partition coefficient (Wildman–Crippen LogP) is 1.37. The average molecular weight is 346 g/mol. The molecule has 1 rings (SSSR count). The number of carbonyl (C=O) groups is 2. The van der Waals surface area contributed by atoms with Crippen molar-refractivity contribution in [3.8, 4) is 11.5 Å². The van der Waals surface area contributed by atoms with E-state index >= 15 is 0 Å². The van der Waals surface area contributed by atoms with Crippen LogP contribution in [0.25, 0.3) is 0 Å². The number of hydrogen-bond acceptors (Lipinski definition) is 5. The molecule has 1 aromatic carbocycles. The van der Waals surface area contributed by atoms with Gasteiger partial charge in [-0.05, 0) is 12.1 Å². The largest absolute Gasteiger partial charge is 0.497 e. The molecule has 0 aliphatic rings. The molecule has 0 aliphatic carbocycles. The first-order chi connectivity index (χ1) is 9.53. The highest BCUT2D eigenvalue weighted by atomic mass is 79.9. The first-order valence-corrected chi connectivity index (χ1v) is 6.67. The summed E-state index contributed by atoms with van der Waals surface area (Å²) in [5.74, 6) is 0.183. The first-order valence-electron chi connectivity index (χ1n) is 5.75. The number of amides is 1. The lowest BCUT2D eigenvalue weighted by Crippen LogP contribution is -2.34. The molecule has 0 saturated heterocycles. The maximum Gasteiger partial charge on any atom is 0.321 e. The fourth-order valence-electron chi connectivity index (χ4n) is 1.47. The predicted molar refractivity (Wildman–Crippen MR) is 76.6 cm³/mol. The summed E-state index contributed by atoms with van der Waals surface area (Å²) in [6.07, 6.45) is 0. The summed E-state index contributed by atoms with van der Waals surface area (Å²) in [4.78, 5) is 22.6. The Morgan fingerprint density at radius 2 is 1.95 bits per heavy atom. The lowest BCUT2D eigenvalue weighted by molar-refractivity contribution is -0.139. The van der Waals surface area contributed by atoms with Gasteiger partial charge in [-0.1, -0.05) is 15.9 Å². The number of hydrogen-bond donors (Lipinski definition) is 1. The van der Waals surface area contributed by atoms with Crippen LogP contribution in [0.15, 0.2) is 18.2 Å². The molecule has 0 heterocycles. The Morgan fingerprint density at radius 1 is 1.25 bits per heavy atom. The fourth-order valence-corrected chi connectivity index (χ4v) is 1.82. The van der Waals surface area contributed by atoms with E-state index in [1.54, 1.807) is 18.2 Å². The van der Waals surface area contributed by atoms with Crippen molar-refractivity contribution in [2.45, 2.75) is 4.83 Å². The van der Waals surface area contributed by atoms with Crippen LogP contribution in [-0.2, 0) is 9.53 Å². The third kappa shape index (κ3) is 4.12. The van der Waals surface area contributed by atoms with Crippen LogP contribution in [-0.4, -0.2) is 44.6 Å². The van der Waals surface area contributed by atoms with Gasteiger partial charge in [0.2, 0.25) is 0 Å². The van der Waals surface area contributed by atoms with Gasteiger partial charge >= 0.3 is 5.97 Å². The summed E-state index contributed by atoms with van der Waals surface area (Å²) < 4.78 is 14.7. The number of rotatable bonds is 6. The molecule has 0 bridgehead atoms. The Labute approximate surface area is 125 Å². The summed E-state index contributed by atoms with van der Waals surface area (Å²) in [5, 5.41) is 2.62. The van der Waals surface area contributed by atoms with Crippen molar-refractivity contribution in [3.05, 3.63) is 23.8 Å². The molecule has 1 N–H and O–H groups in total. The number of alkyl halides is 1. The van der Waals surface area contributed by atoms with E-state index in [1.165, 1.54) is 21.3 Å². The molecular formula is C13H16BrNO5. The summed E-state index contributed by atoms with van der Waals surface area (Å²) >= 11 is 3.12. The van der Waals surface area contributed by atoms with Gasteiger partial charge < -0.3 is 19.5 Å². The second-order valence-electron chi connectivity index (χ2n) is 3.77. The van der Waals surface area contributed by atoms with Crippen molar-refractivity contribution in [2.75, 3.05) is 27.9 Å². The van der Waals surface area contributed by atoms with E-state index in [0.29, 0.717) is 17.1 Å². The molecule has 110 valence electrons. The molecule has 0 saturated carbocycles. The standard InChI is InChI=1S/C13H16BrNO5/c1-18-8-4-5-9(11(6-8)19-2)12(16)15-7-10(14)13(17)20-3/h4-6,10H,7H2,1-3H3,(H,15,16). The van der Waals surface area contributed by atoms with Crippen LogP contribution >= 0.6 is 15.9 Å². The Morgan fingerprint density at radius 3 is 2.50 bits per heavy atom. The van der Waals surface area contributed by atoms with Crippen molar-refractivity contribution in [1.82, 2.24) is 5.32 Å². The van der Waals surface area contributed by atoms with E-state index in [4.69, 9.17) is 9.47 Å². The summed E-state index contributed by atoms with van der Waals surface area (Å²) in [6.45, 7) is 0.112. The van der Waals surface area contributed by atoms with Gasteiger partial charge in [-0.15, -0.1) is 0 Å². The van der Waals surface area contributed by atoms with Crippen molar-refractivity contribution >= 4 is 27.8 Å². The van der Waals surface area contributed by atoms with Crippen LogP contribution in [0, 0.1) is 0 Å². The zero-order valence-electron chi connectivity index (χ0n) is 11.4.